The molecule has 0 aliphatic rings. The summed E-state index contributed by atoms with van der Waals surface area (Å²) in [5.41, 5.74) is 2.28. The van der Waals surface area contributed by atoms with Crippen LogP contribution in [-0.4, -0.2) is 15.0 Å². The Morgan fingerprint density at radius 1 is 1.04 bits per heavy atom. The molecule has 0 unspecified atom stereocenters. The molecule has 3 aromatic heterocycles. The third-order valence-electron chi connectivity index (χ3n) is 4.14. The number of aryl methyl sites for hydroxylation is 2. The first-order valence-corrected chi connectivity index (χ1v) is 8.33. The van der Waals surface area contributed by atoms with Crippen molar-refractivity contribution in [2.75, 3.05) is 5.32 Å². The van der Waals surface area contributed by atoms with E-state index in [1.165, 1.54) is 21.2 Å². The third kappa shape index (κ3) is 2.43. The summed E-state index contributed by atoms with van der Waals surface area (Å²) in [6.07, 6.45) is 3.48. The predicted octanol–water partition coefficient (Wildman–Crippen LogP) is 4.47. The van der Waals surface area contributed by atoms with Gasteiger partial charge >= 0.3 is 0 Å². The van der Waals surface area contributed by atoms with Gasteiger partial charge in [-0.25, -0.2) is 9.97 Å². The molecule has 4 rings (SSSR count). The Morgan fingerprint density at radius 2 is 1.91 bits per heavy atom. The van der Waals surface area contributed by atoms with Crippen LogP contribution >= 0.6 is 11.3 Å². The van der Waals surface area contributed by atoms with E-state index >= 15 is 0 Å². The summed E-state index contributed by atoms with van der Waals surface area (Å²) in [6.45, 7) is 4.89. The zero-order chi connectivity index (χ0) is 15.8. The fourth-order valence-electron chi connectivity index (χ4n) is 2.81. The van der Waals surface area contributed by atoms with Gasteiger partial charge in [-0.2, -0.15) is 0 Å². The Bertz CT molecular complexity index is 1000. The first-order chi connectivity index (χ1) is 11.2. The summed E-state index contributed by atoms with van der Waals surface area (Å²) < 4.78 is 0. The predicted molar refractivity (Wildman–Crippen MR) is 96.0 cm³/mol. The van der Waals surface area contributed by atoms with Crippen molar-refractivity contribution in [3.05, 3.63) is 59.0 Å². The fourth-order valence-corrected chi connectivity index (χ4v) is 3.80. The molecule has 0 radical (unpaired) electrons. The highest BCUT2D eigenvalue weighted by molar-refractivity contribution is 7.18. The molecule has 4 nitrogen and oxygen atoms in total. The topological polar surface area (TPSA) is 50.7 Å². The van der Waals surface area contributed by atoms with Gasteiger partial charge in [0, 0.05) is 16.5 Å². The number of thiophene rings is 1. The highest BCUT2D eigenvalue weighted by Gasteiger charge is 2.12. The molecule has 0 saturated heterocycles. The lowest BCUT2D eigenvalue weighted by molar-refractivity contribution is 1.05. The Kier molecular flexibility index (Phi) is 3.42. The zero-order valence-electron chi connectivity index (χ0n) is 13.0. The summed E-state index contributed by atoms with van der Waals surface area (Å²) in [5.74, 6) is 0.881. The number of benzene rings is 1. The Labute approximate surface area is 138 Å². The molecule has 5 heteroatoms. The number of fused-ring (bicyclic) bond motifs is 2. The van der Waals surface area contributed by atoms with Crippen LogP contribution in [0.4, 0.5) is 5.82 Å². The van der Waals surface area contributed by atoms with Crippen molar-refractivity contribution in [2.45, 2.75) is 20.4 Å². The van der Waals surface area contributed by atoms with Gasteiger partial charge in [-0.05, 0) is 30.9 Å². The number of aromatic nitrogens is 3. The van der Waals surface area contributed by atoms with Crippen LogP contribution in [0.3, 0.4) is 0 Å². The Morgan fingerprint density at radius 3 is 2.83 bits per heavy atom. The van der Waals surface area contributed by atoms with Crippen LogP contribution in [-0.2, 0) is 6.54 Å². The van der Waals surface area contributed by atoms with Gasteiger partial charge in [-0.1, -0.05) is 24.3 Å². The van der Waals surface area contributed by atoms with Crippen molar-refractivity contribution in [3.63, 3.8) is 0 Å². The van der Waals surface area contributed by atoms with Crippen LogP contribution in [0, 0.1) is 13.8 Å². The molecule has 0 aliphatic heterocycles. The fraction of sp³-hybridized carbons (Fsp3) is 0.167. The van der Waals surface area contributed by atoms with Gasteiger partial charge in [-0.15, -0.1) is 11.3 Å². The van der Waals surface area contributed by atoms with Crippen molar-refractivity contribution in [3.8, 4) is 0 Å². The van der Waals surface area contributed by atoms with Gasteiger partial charge < -0.3 is 5.32 Å². The van der Waals surface area contributed by atoms with E-state index < -0.39 is 0 Å². The quantitative estimate of drug-likeness (QED) is 0.605. The van der Waals surface area contributed by atoms with Gasteiger partial charge in [-0.3, -0.25) is 4.98 Å². The molecule has 0 atom stereocenters. The maximum Gasteiger partial charge on any atom is 0.138 e. The van der Waals surface area contributed by atoms with Crippen LogP contribution < -0.4 is 5.32 Å². The minimum Gasteiger partial charge on any atom is -0.364 e. The monoisotopic (exact) mass is 320 g/mol. The first-order valence-electron chi connectivity index (χ1n) is 7.51. The maximum absolute atomic E-state index is 4.53. The average molecular weight is 320 g/mol. The molecule has 0 saturated carbocycles. The molecule has 23 heavy (non-hydrogen) atoms. The Hall–Kier alpha value is -2.53. The van der Waals surface area contributed by atoms with Crippen molar-refractivity contribution in [2.24, 2.45) is 0 Å². The molecule has 3 heterocycles. The number of nitrogens with one attached hydrogen (secondary N) is 1. The normalized spacial score (nSPS) is 11.2. The lowest BCUT2D eigenvalue weighted by Crippen LogP contribution is -2.04. The van der Waals surface area contributed by atoms with E-state index in [9.17, 15) is 0 Å². The smallest absolute Gasteiger partial charge is 0.138 e. The lowest BCUT2D eigenvalue weighted by Gasteiger charge is -2.09. The first kappa shape index (κ1) is 14.1. The molecule has 0 amide bonds. The van der Waals surface area contributed by atoms with Crippen LogP contribution in [0.2, 0.25) is 0 Å². The summed E-state index contributed by atoms with van der Waals surface area (Å²) in [6, 6.07) is 10.3. The molecule has 0 fully saturated rings. The number of anilines is 1. The molecular formula is C18H16N4S. The van der Waals surface area contributed by atoms with Crippen LogP contribution in [0.1, 0.15) is 16.1 Å². The summed E-state index contributed by atoms with van der Waals surface area (Å²) in [5, 5.41) is 6.94. The molecule has 1 N–H and O–H groups in total. The third-order valence-corrected chi connectivity index (χ3v) is 5.26. The van der Waals surface area contributed by atoms with Gasteiger partial charge in [0.15, 0.2) is 0 Å². The second kappa shape index (κ2) is 5.59. The summed E-state index contributed by atoms with van der Waals surface area (Å²) in [7, 11) is 0. The van der Waals surface area contributed by atoms with Crippen LogP contribution in [0.15, 0.2) is 42.9 Å². The zero-order valence-corrected chi connectivity index (χ0v) is 13.8. The van der Waals surface area contributed by atoms with Gasteiger partial charge in [0.2, 0.25) is 0 Å². The van der Waals surface area contributed by atoms with Gasteiger partial charge in [0.05, 0.1) is 17.6 Å². The van der Waals surface area contributed by atoms with Crippen molar-refractivity contribution >= 4 is 38.1 Å². The molecular weight excluding hydrogens is 304 g/mol. The van der Waals surface area contributed by atoms with E-state index in [2.05, 4.69) is 46.2 Å². The summed E-state index contributed by atoms with van der Waals surface area (Å²) in [4.78, 5) is 15.7. The van der Waals surface area contributed by atoms with Crippen LogP contribution in [0.5, 0.6) is 0 Å². The van der Waals surface area contributed by atoms with E-state index in [4.69, 9.17) is 0 Å². The number of hydrogen-bond acceptors (Lipinski definition) is 5. The highest BCUT2D eigenvalue weighted by atomic mass is 32.1. The Balaban J connectivity index is 1.72. The molecule has 114 valence electrons. The van der Waals surface area contributed by atoms with Crippen molar-refractivity contribution < 1.29 is 0 Å². The molecule has 0 aliphatic carbocycles. The lowest BCUT2D eigenvalue weighted by atomic mass is 10.1. The van der Waals surface area contributed by atoms with Gasteiger partial charge in [0.1, 0.15) is 17.0 Å². The van der Waals surface area contributed by atoms with Crippen molar-refractivity contribution in [1.29, 1.82) is 0 Å². The van der Waals surface area contributed by atoms with Crippen molar-refractivity contribution in [1.82, 2.24) is 15.0 Å². The number of nitrogens with zero attached hydrogens (tertiary/aromatic N) is 3. The van der Waals surface area contributed by atoms with E-state index in [0.29, 0.717) is 6.54 Å². The van der Waals surface area contributed by atoms with E-state index in [1.54, 1.807) is 17.7 Å². The maximum atomic E-state index is 4.53. The molecule has 4 aromatic rings. The molecule has 1 aromatic carbocycles. The number of pyridine rings is 1. The SMILES string of the molecule is Cc1sc2ncnc(NCc3nccc4ccccc34)c2c1C. The summed E-state index contributed by atoms with van der Waals surface area (Å²) >= 11 is 1.71. The largest absolute Gasteiger partial charge is 0.364 e. The average Bonchev–Trinajstić information content (AvgIpc) is 2.88. The minimum atomic E-state index is 0.641. The minimum absolute atomic E-state index is 0.641. The second-order valence-corrected chi connectivity index (χ2v) is 6.72. The van der Waals surface area contributed by atoms with Crippen LogP contribution in [0.25, 0.3) is 21.0 Å². The highest BCUT2D eigenvalue weighted by Crippen LogP contribution is 2.32. The standard InChI is InChI=1S/C18H16N4S/c1-11-12(2)23-18-16(11)17(21-10-22-18)20-9-15-14-6-4-3-5-13(14)7-8-19-15/h3-8,10H,9H2,1-2H3,(H,20,21,22). The van der Waals surface area contributed by atoms with E-state index in [0.717, 1.165) is 21.7 Å². The number of rotatable bonds is 3. The van der Waals surface area contributed by atoms with Gasteiger partial charge in [0.25, 0.3) is 0 Å². The van der Waals surface area contributed by atoms with E-state index in [1.807, 2.05) is 24.4 Å². The number of hydrogen-bond donors (Lipinski definition) is 1. The second-order valence-electron chi connectivity index (χ2n) is 5.52. The van der Waals surface area contributed by atoms with E-state index in [-0.39, 0.29) is 0 Å². The molecule has 0 spiro atoms. The molecule has 0 bridgehead atoms.